The zero-order chi connectivity index (χ0) is 14.7. The molecule has 0 amide bonds. The SMILES string of the molecule is Cn1ncc(NC2C3(C)CCC(C3)C2(C)C)c(Br)c1=O. The Morgan fingerprint density at radius 1 is 1.45 bits per heavy atom. The maximum absolute atomic E-state index is 12.0. The zero-order valence-corrected chi connectivity index (χ0v) is 14.1. The Morgan fingerprint density at radius 3 is 2.75 bits per heavy atom. The van der Waals surface area contributed by atoms with Gasteiger partial charge in [-0.05, 0) is 51.9 Å². The van der Waals surface area contributed by atoms with Gasteiger partial charge >= 0.3 is 0 Å². The van der Waals surface area contributed by atoms with Gasteiger partial charge in [-0.1, -0.05) is 20.8 Å². The molecule has 4 nitrogen and oxygen atoms in total. The van der Waals surface area contributed by atoms with Crippen molar-refractivity contribution in [2.75, 3.05) is 5.32 Å². The Bertz CT molecular complexity index is 605. The second-order valence-electron chi connectivity index (χ2n) is 7.29. The average Bonchev–Trinajstić information content (AvgIpc) is 2.85. The fourth-order valence-corrected chi connectivity index (χ4v) is 4.90. The summed E-state index contributed by atoms with van der Waals surface area (Å²) >= 11 is 3.41. The van der Waals surface area contributed by atoms with Crippen LogP contribution >= 0.6 is 15.9 Å². The molecule has 3 unspecified atom stereocenters. The minimum Gasteiger partial charge on any atom is -0.379 e. The van der Waals surface area contributed by atoms with Crippen LogP contribution in [0, 0.1) is 16.7 Å². The van der Waals surface area contributed by atoms with Crippen LogP contribution in [0.4, 0.5) is 5.69 Å². The summed E-state index contributed by atoms with van der Waals surface area (Å²) in [4.78, 5) is 12.0. The normalized spacial score (nSPS) is 34.5. The number of nitrogens with zero attached hydrogens (tertiary/aromatic N) is 2. The summed E-state index contributed by atoms with van der Waals surface area (Å²) < 4.78 is 1.93. The summed E-state index contributed by atoms with van der Waals surface area (Å²) in [6.07, 6.45) is 5.64. The van der Waals surface area contributed by atoms with Gasteiger partial charge in [0, 0.05) is 13.1 Å². The summed E-state index contributed by atoms with van der Waals surface area (Å²) in [5.74, 6) is 0.781. The summed E-state index contributed by atoms with van der Waals surface area (Å²) in [6.45, 7) is 7.08. The van der Waals surface area contributed by atoms with Crippen molar-refractivity contribution in [3.05, 3.63) is 21.0 Å². The number of hydrogen-bond acceptors (Lipinski definition) is 3. The molecular formula is C15H22BrN3O. The molecule has 20 heavy (non-hydrogen) atoms. The highest BCUT2D eigenvalue weighted by Crippen LogP contribution is 2.63. The first-order valence-electron chi connectivity index (χ1n) is 7.24. The highest BCUT2D eigenvalue weighted by atomic mass is 79.9. The van der Waals surface area contributed by atoms with Gasteiger partial charge in [-0.15, -0.1) is 0 Å². The quantitative estimate of drug-likeness (QED) is 0.900. The van der Waals surface area contributed by atoms with Gasteiger partial charge in [0.1, 0.15) is 4.47 Å². The maximum Gasteiger partial charge on any atom is 0.282 e. The summed E-state index contributed by atoms with van der Waals surface area (Å²) in [5.41, 5.74) is 1.31. The zero-order valence-electron chi connectivity index (χ0n) is 12.5. The first kappa shape index (κ1) is 14.1. The van der Waals surface area contributed by atoms with E-state index in [1.165, 1.54) is 23.9 Å². The van der Waals surface area contributed by atoms with Gasteiger partial charge in [0.25, 0.3) is 5.56 Å². The monoisotopic (exact) mass is 339 g/mol. The third-order valence-electron chi connectivity index (χ3n) is 5.65. The standard InChI is InChI=1S/C15H22BrN3O/c1-14(2)9-5-6-15(3,7-9)13(14)18-10-8-17-19(4)12(20)11(10)16/h8-9,13,18H,5-7H2,1-4H3. The molecule has 3 atom stereocenters. The predicted molar refractivity (Wildman–Crippen MR) is 83.8 cm³/mol. The van der Waals surface area contributed by atoms with Crippen molar-refractivity contribution in [3.63, 3.8) is 0 Å². The second-order valence-corrected chi connectivity index (χ2v) is 8.09. The van der Waals surface area contributed by atoms with Crippen LogP contribution in [0.1, 0.15) is 40.0 Å². The average molecular weight is 340 g/mol. The molecule has 2 bridgehead atoms. The van der Waals surface area contributed by atoms with Crippen molar-refractivity contribution in [1.82, 2.24) is 9.78 Å². The van der Waals surface area contributed by atoms with E-state index in [-0.39, 0.29) is 11.0 Å². The van der Waals surface area contributed by atoms with Gasteiger partial charge in [-0.25, -0.2) is 4.68 Å². The number of hydrogen-bond donors (Lipinski definition) is 1. The van der Waals surface area contributed by atoms with Gasteiger partial charge in [0.2, 0.25) is 0 Å². The van der Waals surface area contributed by atoms with E-state index in [2.05, 4.69) is 47.1 Å². The highest BCUT2D eigenvalue weighted by molar-refractivity contribution is 9.10. The van der Waals surface area contributed by atoms with E-state index in [1.54, 1.807) is 13.2 Å². The molecule has 1 aromatic heterocycles. The molecule has 2 aliphatic rings. The first-order chi connectivity index (χ1) is 9.25. The molecule has 1 aromatic rings. The molecule has 0 saturated heterocycles. The Labute approximate surface area is 128 Å². The molecule has 1 heterocycles. The van der Waals surface area contributed by atoms with Crippen molar-refractivity contribution >= 4 is 21.6 Å². The molecular weight excluding hydrogens is 318 g/mol. The van der Waals surface area contributed by atoms with Crippen LogP contribution in [0.2, 0.25) is 0 Å². The van der Waals surface area contributed by atoms with Crippen LogP contribution in [-0.2, 0) is 7.05 Å². The van der Waals surface area contributed by atoms with Gasteiger partial charge in [0.05, 0.1) is 11.9 Å². The topological polar surface area (TPSA) is 46.9 Å². The molecule has 3 rings (SSSR count). The van der Waals surface area contributed by atoms with Gasteiger partial charge in [-0.3, -0.25) is 4.79 Å². The third kappa shape index (κ3) is 1.85. The second kappa shape index (κ2) is 4.33. The summed E-state index contributed by atoms with van der Waals surface area (Å²) in [5, 5.41) is 7.74. The lowest BCUT2D eigenvalue weighted by Gasteiger charge is -2.43. The Kier molecular flexibility index (Phi) is 3.05. The summed E-state index contributed by atoms with van der Waals surface area (Å²) in [7, 11) is 1.67. The molecule has 2 fully saturated rings. The number of aryl methyl sites for hydroxylation is 1. The largest absolute Gasteiger partial charge is 0.379 e. The molecule has 110 valence electrons. The van der Waals surface area contributed by atoms with Crippen LogP contribution in [0.3, 0.4) is 0 Å². The van der Waals surface area contributed by atoms with Crippen LogP contribution < -0.4 is 10.9 Å². The third-order valence-corrected chi connectivity index (χ3v) is 6.41. The molecule has 0 aliphatic heterocycles. The van der Waals surface area contributed by atoms with Crippen LogP contribution in [-0.4, -0.2) is 15.8 Å². The number of halogens is 1. The van der Waals surface area contributed by atoms with Crippen molar-refractivity contribution in [1.29, 1.82) is 0 Å². The Morgan fingerprint density at radius 2 is 2.15 bits per heavy atom. The lowest BCUT2D eigenvalue weighted by Crippen LogP contribution is -2.46. The molecule has 0 spiro atoms. The van der Waals surface area contributed by atoms with E-state index in [0.717, 1.165) is 11.6 Å². The van der Waals surface area contributed by atoms with E-state index >= 15 is 0 Å². The molecule has 2 aliphatic carbocycles. The Hall–Kier alpha value is -0.840. The van der Waals surface area contributed by atoms with Crippen LogP contribution in [0.25, 0.3) is 0 Å². The smallest absolute Gasteiger partial charge is 0.282 e. The predicted octanol–water partition coefficient (Wildman–Crippen LogP) is 3.17. The fourth-order valence-electron chi connectivity index (χ4n) is 4.43. The van der Waals surface area contributed by atoms with E-state index in [1.807, 2.05) is 0 Å². The van der Waals surface area contributed by atoms with Crippen molar-refractivity contribution in [3.8, 4) is 0 Å². The maximum atomic E-state index is 12.0. The number of aromatic nitrogens is 2. The number of rotatable bonds is 2. The van der Waals surface area contributed by atoms with Crippen LogP contribution in [0.15, 0.2) is 15.5 Å². The highest BCUT2D eigenvalue weighted by Gasteiger charge is 2.59. The number of fused-ring (bicyclic) bond motifs is 2. The molecule has 0 aromatic carbocycles. The van der Waals surface area contributed by atoms with Crippen LogP contribution in [0.5, 0.6) is 0 Å². The minimum atomic E-state index is -0.0962. The molecule has 5 heteroatoms. The van der Waals surface area contributed by atoms with Crippen molar-refractivity contribution in [2.45, 2.75) is 46.1 Å². The van der Waals surface area contributed by atoms with E-state index in [9.17, 15) is 4.79 Å². The minimum absolute atomic E-state index is 0.0962. The Balaban J connectivity index is 1.96. The lowest BCUT2D eigenvalue weighted by molar-refractivity contribution is 0.155. The molecule has 2 saturated carbocycles. The van der Waals surface area contributed by atoms with Crippen molar-refractivity contribution in [2.24, 2.45) is 23.8 Å². The van der Waals surface area contributed by atoms with Gasteiger partial charge in [-0.2, -0.15) is 5.10 Å². The fraction of sp³-hybridized carbons (Fsp3) is 0.733. The number of nitrogens with one attached hydrogen (secondary N) is 1. The molecule has 0 radical (unpaired) electrons. The summed E-state index contributed by atoms with van der Waals surface area (Å²) in [6, 6.07) is 0.388. The van der Waals surface area contributed by atoms with E-state index < -0.39 is 0 Å². The van der Waals surface area contributed by atoms with E-state index in [0.29, 0.717) is 15.9 Å². The van der Waals surface area contributed by atoms with Crippen molar-refractivity contribution < 1.29 is 0 Å². The lowest BCUT2D eigenvalue weighted by atomic mass is 9.68. The van der Waals surface area contributed by atoms with Gasteiger partial charge in [0.15, 0.2) is 0 Å². The van der Waals surface area contributed by atoms with Gasteiger partial charge < -0.3 is 5.32 Å². The molecule has 1 N–H and O–H groups in total. The first-order valence-corrected chi connectivity index (χ1v) is 8.03. The van der Waals surface area contributed by atoms with E-state index in [4.69, 9.17) is 0 Å². The number of anilines is 1.